The van der Waals surface area contributed by atoms with Gasteiger partial charge < -0.3 is 4.90 Å². The Bertz CT molecular complexity index is 285. The van der Waals surface area contributed by atoms with Gasteiger partial charge in [0.05, 0.1) is 5.92 Å². The molecule has 0 radical (unpaired) electrons. The number of allylic oxidation sites excluding steroid dienone is 3. The molecule has 1 amide bonds. The summed E-state index contributed by atoms with van der Waals surface area (Å²) in [5.74, 6) is 0.435. The van der Waals surface area contributed by atoms with Crippen LogP contribution in [0.3, 0.4) is 0 Å². The third-order valence-electron chi connectivity index (χ3n) is 3.00. The zero-order valence-electron chi connectivity index (χ0n) is 8.70. The van der Waals surface area contributed by atoms with Crippen molar-refractivity contribution in [1.82, 2.24) is 4.90 Å². The fourth-order valence-corrected chi connectivity index (χ4v) is 2.18. The van der Waals surface area contributed by atoms with E-state index < -0.39 is 0 Å². The van der Waals surface area contributed by atoms with Gasteiger partial charge in [-0.2, -0.15) is 0 Å². The molecule has 1 saturated heterocycles. The Morgan fingerprint density at radius 1 is 1.43 bits per heavy atom. The van der Waals surface area contributed by atoms with Crippen molar-refractivity contribution >= 4 is 5.91 Å². The Labute approximate surface area is 85.3 Å². The Hall–Kier alpha value is -1.05. The normalized spacial score (nSPS) is 26.5. The fraction of sp³-hybridized carbons (Fsp3) is 0.583. The van der Waals surface area contributed by atoms with Crippen LogP contribution in [0.25, 0.3) is 0 Å². The van der Waals surface area contributed by atoms with Gasteiger partial charge in [-0.3, -0.25) is 4.79 Å². The molecule has 0 aromatic carbocycles. The molecule has 0 aromatic rings. The first kappa shape index (κ1) is 9.50. The van der Waals surface area contributed by atoms with Gasteiger partial charge in [0.15, 0.2) is 0 Å². The maximum absolute atomic E-state index is 12.0. The summed E-state index contributed by atoms with van der Waals surface area (Å²) in [6, 6.07) is 0. The predicted molar refractivity (Wildman–Crippen MR) is 56.8 cm³/mol. The van der Waals surface area contributed by atoms with Gasteiger partial charge in [0.1, 0.15) is 0 Å². The summed E-state index contributed by atoms with van der Waals surface area (Å²) in [5, 5.41) is 0. The molecular formula is C12H17NO. The third kappa shape index (κ3) is 1.89. The first-order chi connectivity index (χ1) is 6.77. The molecule has 1 unspecified atom stereocenters. The number of amides is 1. The standard InChI is InChI=1S/C12H17NO/c1-10-5-4-6-11(9-10)12(14)13-7-2-3-8-13/h4-6,11H,2-3,7-9H2,1H3. The average Bonchev–Trinajstić information content (AvgIpc) is 2.69. The molecule has 1 aliphatic carbocycles. The van der Waals surface area contributed by atoms with Crippen molar-refractivity contribution in [3.05, 3.63) is 23.8 Å². The van der Waals surface area contributed by atoms with E-state index in [1.807, 2.05) is 17.1 Å². The summed E-state index contributed by atoms with van der Waals surface area (Å²) < 4.78 is 0. The summed E-state index contributed by atoms with van der Waals surface area (Å²) in [5.41, 5.74) is 1.31. The Morgan fingerprint density at radius 3 is 2.79 bits per heavy atom. The van der Waals surface area contributed by atoms with Crippen molar-refractivity contribution in [3.63, 3.8) is 0 Å². The second kappa shape index (κ2) is 3.99. The molecule has 76 valence electrons. The molecule has 0 bridgehead atoms. The quantitative estimate of drug-likeness (QED) is 0.621. The monoisotopic (exact) mass is 191 g/mol. The van der Waals surface area contributed by atoms with Gasteiger partial charge in [-0.25, -0.2) is 0 Å². The van der Waals surface area contributed by atoms with E-state index in [0.29, 0.717) is 5.91 Å². The maximum Gasteiger partial charge on any atom is 0.229 e. The molecule has 2 heteroatoms. The minimum Gasteiger partial charge on any atom is -0.342 e. The first-order valence-corrected chi connectivity index (χ1v) is 5.40. The van der Waals surface area contributed by atoms with Crippen molar-refractivity contribution in [2.45, 2.75) is 26.2 Å². The van der Waals surface area contributed by atoms with Crippen LogP contribution >= 0.6 is 0 Å². The molecule has 14 heavy (non-hydrogen) atoms. The zero-order valence-corrected chi connectivity index (χ0v) is 8.70. The van der Waals surface area contributed by atoms with Crippen LogP contribution in [0.15, 0.2) is 23.8 Å². The van der Waals surface area contributed by atoms with E-state index in [2.05, 4.69) is 13.0 Å². The van der Waals surface area contributed by atoms with Gasteiger partial charge in [-0.05, 0) is 26.2 Å². The van der Waals surface area contributed by atoms with Gasteiger partial charge in [-0.15, -0.1) is 0 Å². The second-order valence-corrected chi connectivity index (χ2v) is 4.24. The lowest BCUT2D eigenvalue weighted by Gasteiger charge is -2.22. The molecule has 2 rings (SSSR count). The van der Waals surface area contributed by atoms with E-state index in [4.69, 9.17) is 0 Å². The van der Waals surface area contributed by atoms with Crippen molar-refractivity contribution in [1.29, 1.82) is 0 Å². The van der Waals surface area contributed by atoms with E-state index in [1.165, 1.54) is 18.4 Å². The molecular weight excluding hydrogens is 174 g/mol. The van der Waals surface area contributed by atoms with Crippen molar-refractivity contribution < 1.29 is 4.79 Å². The molecule has 2 nitrogen and oxygen atoms in total. The van der Waals surface area contributed by atoms with Crippen LogP contribution in [0.2, 0.25) is 0 Å². The SMILES string of the molecule is CC1=CC=CC(C(=O)N2CCCC2)C1. The number of carbonyl (C=O) groups is 1. The summed E-state index contributed by atoms with van der Waals surface area (Å²) in [7, 11) is 0. The average molecular weight is 191 g/mol. The van der Waals surface area contributed by atoms with E-state index in [9.17, 15) is 4.79 Å². The number of hydrogen-bond acceptors (Lipinski definition) is 1. The number of likely N-dealkylation sites (tertiary alicyclic amines) is 1. The highest BCUT2D eigenvalue weighted by Gasteiger charge is 2.25. The summed E-state index contributed by atoms with van der Waals surface area (Å²) in [4.78, 5) is 14.0. The van der Waals surface area contributed by atoms with Gasteiger partial charge >= 0.3 is 0 Å². The van der Waals surface area contributed by atoms with Crippen LogP contribution in [-0.2, 0) is 4.79 Å². The van der Waals surface area contributed by atoms with E-state index in [1.54, 1.807) is 0 Å². The van der Waals surface area contributed by atoms with Crippen LogP contribution in [0.5, 0.6) is 0 Å². The Balaban J connectivity index is 1.98. The molecule has 1 fully saturated rings. The van der Waals surface area contributed by atoms with Crippen molar-refractivity contribution in [3.8, 4) is 0 Å². The number of hydrogen-bond donors (Lipinski definition) is 0. The van der Waals surface area contributed by atoms with Crippen LogP contribution in [-0.4, -0.2) is 23.9 Å². The third-order valence-corrected chi connectivity index (χ3v) is 3.00. The number of rotatable bonds is 1. The van der Waals surface area contributed by atoms with Crippen molar-refractivity contribution in [2.24, 2.45) is 5.92 Å². The Kier molecular flexibility index (Phi) is 2.71. The second-order valence-electron chi connectivity index (χ2n) is 4.24. The molecule has 0 spiro atoms. The fourth-order valence-electron chi connectivity index (χ4n) is 2.18. The lowest BCUT2D eigenvalue weighted by Crippen LogP contribution is -2.33. The maximum atomic E-state index is 12.0. The van der Waals surface area contributed by atoms with Gasteiger partial charge in [0.25, 0.3) is 0 Å². The summed E-state index contributed by atoms with van der Waals surface area (Å²) >= 11 is 0. The van der Waals surface area contributed by atoms with Crippen LogP contribution < -0.4 is 0 Å². The molecule has 0 saturated carbocycles. The van der Waals surface area contributed by atoms with Gasteiger partial charge in [0, 0.05) is 13.1 Å². The molecule has 0 aromatic heterocycles. The van der Waals surface area contributed by atoms with Crippen LogP contribution in [0, 0.1) is 5.92 Å². The summed E-state index contributed by atoms with van der Waals surface area (Å²) in [6.45, 7) is 4.02. The largest absolute Gasteiger partial charge is 0.342 e. The topological polar surface area (TPSA) is 20.3 Å². The summed E-state index contributed by atoms with van der Waals surface area (Å²) in [6.07, 6.45) is 9.40. The highest BCUT2D eigenvalue weighted by atomic mass is 16.2. The van der Waals surface area contributed by atoms with Gasteiger partial charge in [-0.1, -0.05) is 23.8 Å². The smallest absolute Gasteiger partial charge is 0.229 e. The van der Waals surface area contributed by atoms with Crippen LogP contribution in [0.4, 0.5) is 0 Å². The Morgan fingerprint density at radius 2 is 2.14 bits per heavy atom. The number of carbonyl (C=O) groups excluding carboxylic acids is 1. The molecule has 1 heterocycles. The van der Waals surface area contributed by atoms with E-state index in [-0.39, 0.29) is 5.92 Å². The number of nitrogens with zero attached hydrogens (tertiary/aromatic N) is 1. The molecule has 0 N–H and O–H groups in total. The lowest BCUT2D eigenvalue weighted by molar-refractivity contribution is -0.132. The predicted octanol–water partition coefficient (Wildman–Crippen LogP) is 2.13. The first-order valence-electron chi connectivity index (χ1n) is 5.40. The van der Waals surface area contributed by atoms with Crippen molar-refractivity contribution in [2.75, 3.05) is 13.1 Å². The van der Waals surface area contributed by atoms with E-state index in [0.717, 1.165) is 19.5 Å². The van der Waals surface area contributed by atoms with Crippen LogP contribution in [0.1, 0.15) is 26.2 Å². The lowest BCUT2D eigenvalue weighted by atomic mass is 9.94. The highest BCUT2D eigenvalue weighted by Crippen LogP contribution is 2.22. The molecule has 1 atom stereocenters. The van der Waals surface area contributed by atoms with Gasteiger partial charge in [0.2, 0.25) is 5.91 Å². The molecule has 2 aliphatic rings. The molecule has 1 aliphatic heterocycles. The van der Waals surface area contributed by atoms with E-state index >= 15 is 0 Å². The minimum absolute atomic E-state index is 0.109. The highest BCUT2D eigenvalue weighted by molar-refractivity contribution is 5.81. The zero-order chi connectivity index (χ0) is 9.97. The minimum atomic E-state index is 0.109.